The van der Waals surface area contributed by atoms with Gasteiger partial charge in [-0.05, 0) is 36.4 Å². The Labute approximate surface area is 147 Å². The van der Waals surface area contributed by atoms with Crippen LogP contribution in [-0.4, -0.2) is 19.3 Å². The Morgan fingerprint density at radius 2 is 1.80 bits per heavy atom. The monoisotopic (exact) mass is 377 g/mol. The van der Waals surface area contributed by atoms with Gasteiger partial charge >= 0.3 is 0 Å². The first kappa shape index (κ1) is 17.1. The lowest BCUT2D eigenvalue weighted by atomic mass is 10.2. The average molecular weight is 377 g/mol. The number of halogens is 1. The zero-order valence-corrected chi connectivity index (χ0v) is 14.3. The minimum atomic E-state index is -3.96. The number of para-hydroxylation sites is 1. The number of rotatable bonds is 5. The number of hydrogen-bond acceptors (Lipinski definition) is 5. The van der Waals surface area contributed by atoms with Crippen molar-refractivity contribution in [3.05, 3.63) is 71.5 Å². The van der Waals surface area contributed by atoms with E-state index in [1.54, 1.807) is 23.7 Å². The third kappa shape index (κ3) is 4.01. The number of nitrogens with one attached hydrogen (secondary N) is 2. The van der Waals surface area contributed by atoms with Crippen molar-refractivity contribution in [3.63, 3.8) is 0 Å². The van der Waals surface area contributed by atoms with E-state index in [2.05, 4.69) is 15.0 Å². The van der Waals surface area contributed by atoms with Crippen molar-refractivity contribution in [1.82, 2.24) is 4.98 Å². The number of anilines is 2. The summed E-state index contributed by atoms with van der Waals surface area (Å²) < 4.78 is 40.2. The van der Waals surface area contributed by atoms with Gasteiger partial charge in [0.15, 0.2) is 5.13 Å². The number of carbonyl (C=O) groups excluding carboxylic acids is 1. The molecule has 0 fully saturated rings. The van der Waals surface area contributed by atoms with Gasteiger partial charge in [-0.2, -0.15) is 0 Å². The maximum absolute atomic E-state index is 13.0. The van der Waals surface area contributed by atoms with Gasteiger partial charge in [0, 0.05) is 11.6 Å². The molecule has 0 spiro atoms. The molecule has 9 heteroatoms. The molecule has 6 nitrogen and oxygen atoms in total. The third-order valence-corrected chi connectivity index (χ3v) is 5.26. The minimum absolute atomic E-state index is 0.107. The minimum Gasteiger partial charge on any atom is -0.298 e. The molecule has 1 aromatic heterocycles. The fraction of sp³-hybridized carbons (Fsp3) is 0. The molecule has 0 atom stereocenters. The highest BCUT2D eigenvalue weighted by Gasteiger charge is 2.19. The van der Waals surface area contributed by atoms with Crippen molar-refractivity contribution >= 4 is 38.1 Å². The number of aromatic nitrogens is 1. The van der Waals surface area contributed by atoms with Crippen LogP contribution in [-0.2, 0) is 10.0 Å². The number of nitrogens with zero attached hydrogens (tertiary/aromatic N) is 1. The van der Waals surface area contributed by atoms with Gasteiger partial charge in [0.25, 0.3) is 15.9 Å². The highest BCUT2D eigenvalue weighted by Crippen LogP contribution is 2.22. The summed E-state index contributed by atoms with van der Waals surface area (Å²) in [5, 5.41) is 4.71. The molecule has 0 aliphatic rings. The first-order valence-electron chi connectivity index (χ1n) is 7.04. The Morgan fingerprint density at radius 1 is 1.08 bits per heavy atom. The molecule has 0 saturated heterocycles. The molecular formula is C16H12FN3O3S2. The molecule has 1 heterocycles. The summed E-state index contributed by atoms with van der Waals surface area (Å²) in [6.45, 7) is 0. The number of thiazole rings is 1. The largest absolute Gasteiger partial charge is 0.298 e. The summed E-state index contributed by atoms with van der Waals surface area (Å²) in [5.74, 6) is -1.03. The molecule has 2 N–H and O–H groups in total. The Kier molecular flexibility index (Phi) is 4.77. The van der Waals surface area contributed by atoms with Gasteiger partial charge in [0.2, 0.25) is 0 Å². The van der Waals surface area contributed by atoms with Crippen LogP contribution in [0.25, 0.3) is 0 Å². The Balaban J connectivity index is 1.88. The lowest BCUT2D eigenvalue weighted by Gasteiger charge is -2.12. The van der Waals surface area contributed by atoms with Crippen LogP contribution in [0.1, 0.15) is 10.4 Å². The zero-order chi connectivity index (χ0) is 17.9. The number of carbonyl (C=O) groups is 1. The van der Waals surface area contributed by atoms with Gasteiger partial charge < -0.3 is 0 Å². The second-order valence-electron chi connectivity index (χ2n) is 4.90. The van der Waals surface area contributed by atoms with E-state index in [4.69, 9.17) is 0 Å². The normalized spacial score (nSPS) is 11.1. The SMILES string of the molecule is O=C(Nc1nccs1)c1ccccc1NS(=O)(=O)c1ccc(F)cc1. The molecule has 0 unspecified atom stereocenters. The lowest BCUT2D eigenvalue weighted by molar-refractivity contribution is 0.102. The van der Waals surface area contributed by atoms with Crippen molar-refractivity contribution in [2.45, 2.75) is 4.90 Å². The molecule has 1 amide bonds. The van der Waals surface area contributed by atoms with Crippen LogP contribution >= 0.6 is 11.3 Å². The van der Waals surface area contributed by atoms with E-state index in [-0.39, 0.29) is 16.1 Å². The molecule has 2 aromatic carbocycles. The number of sulfonamides is 1. The van der Waals surface area contributed by atoms with E-state index in [9.17, 15) is 17.6 Å². The topological polar surface area (TPSA) is 88.2 Å². The van der Waals surface area contributed by atoms with Gasteiger partial charge in [-0.15, -0.1) is 11.3 Å². The highest BCUT2D eigenvalue weighted by molar-refractivity contribution is 7.92. The Bertz CT molecular complexity index is 988. The molecule has 128 valence electrons. The summed E-state index contributed by atoms with van der Waals surface area (Å²) in [5.41, 5.74) is 0.254. The second-order valence-corrected chi connectivity index (χ2v) is 7.47. The molecule has 3 aromatic rings. The molecule has 0 saturated carbocycles. The van der Waals surface area contributed by atoms with Crippen LogP contribution in [0.3, 0.4) is 0 Å². The first-order chi connectivity index (χ1) is 12.0. The molecule has 0 radical (unpaired) electrons. The first-order valence-corrected chi connectivity index (χ1v) is 9.40. The fourth-order valence-electron chi connectivity index (χ4n) is 2.04. The maximum atomic E-state index is 13.0. The average Bonchev–Trinajstić information content (AvgIpc) is 3.08. The van der Waals surface area contributed by atoms with Crippen LogP contribution in [0, 0.1) is 5.82 Å². The van der Waals surface area contributed by atoms with E-state index in [1.807, 2.05) is 0 Å². The number of amides is 1. The van der Waals surface area contributed by atoms with Crippen molar-refractivity contribution in [2.75, 3.05) is 10.0 Å². The molecular weight excluding hydrogens is 365 g/mol. The molecule has 0 bridgehead atoms. The van der Waals surface area contributed by atoms with Crippen molar-refractivity contribution in [2.24, 2.45) is 0 Å². The van der Waals surface area contributed by atoms with Crippen LogP contribution in [0.5, 0.6) is 0 Å². The molecule has 0 aliphatic carbocycles. The molecule has 25 heavy (non-hydrogen) atoms. The van der Waals surface area contributed by atoms with Crippen LogP contribution < -0.4 is 10.0 Å². The van der Waals surface area contributed by atoms with Gasteiger partial charge in [0.05, 0.1) is 16.1 Å². The highest BCUT2D eigenvalue weighted by atomic mass is 32.2. The van der Waals surface area contributed by atoms with Crippen LogP contribution in [0.15, 0.2) is 65.0 Å². The summed E-state index contributed by atoms with van der Waals surface area (Å²) in [7, 11) is -3.96. The van der Waals surface area contributed by atoms with Gasteiger partial charge in [0.1, 0.15) is 5.82 Å². The number of benzene rings is 2. The standard InChI is InChI=1S/C16H12FN3O3S2/c17-11-5-7-12(8-6-11)25(22,23)20-14-4-2-1-3-13(14)15(21)19-16-18-9-10-24-16/h1-10,20H,(H,18,19,21). The van der Waals surface area contributed by atoms with E-state index in [0.717, 1.165) is 24.3 Å². The molecule has 3 rings (SSSR count). The quantitative estimate of drug-likeness (QED) is 0.714. The Morgan fingerprint density at radius 3 is 2.48 bits per heavy atom. The van der Waals surface area contributed by atoms with Crippen molar-refractivity contribution in [3.8, 4) is 0 Å². The maximum Gasteiger partial charge on any atom is 0.261 e. The fourth-order valence-corrected chi connectivity index (χ4v) is 3.64. The van der Waals surface area contributed by atoms with E-state index in [1.165, 1.54) is 23.5 Å². The third-order valence-electron chi connectivity index (χ3n) is 3.19. The van der Waals surface area contributed by atoms with E-state index in [0.29, 0.717) is 5.13 Å². The van der Waals surface area contributed by atoms with Crippen LogP contribution in [0.2, 0.25) is 0 Å². The van der Waals surface area contributed by atoms with E-state index >= 15 is 0 Å². The summed E-state index contributed by atoms with van der Waals surface area (Å²) in [6.07, 6.45) is 1.55. The van der Waals surface area contributed by atoms with Gasteiger partial charge in [-0.25, -0.2) is 17.8 Å². The van der Waals surface area contributed by atoms with Crippen molar-refractivity contribution in [1.29, 1.82) is 0 Å². The van der Waals surface area contributed by atoms with Crippen LogP contribution in [0.4, 0.5) is 15.2 Å². The summed E-state index contributed by atoms with van der Waals surface area (Å²) in [6, 6.07) is 10.6. The zero-order valence-electron chi connectivity index (χ0n) is 12.6. The molecule has 0 aliphatic heterocycles. The lowest BCUT2D eigenvalue weighted by Crippen LogP contribution is -2.18. The summed E-state index contributed by atoms with van der Waals surface area (Å²) >= 11 is 1.25. The van der Waals surface area contributed by atoms with Crippen molar-refractivity contribution < 1.29 is 17.6 Å². The van der Waals surface area contributed by atoms with Gasteiger partial charge in [-0.3, -0.25) is 14.8 Å². The van der Waals surface area contributed by atoms with Gasteiger partial charge in [-0.1, -0.05) is 12.1 Å². The Hall–Kier alpha value is -2.78. The predicted octanol–water partition coefficient (Wildman–Crippen LogP) is 3.34. The smallest absolute Gasteiger partial charge is 0.261 e. The summed E-state index contributed by atoms with van der Waals surface area (Å²) in [4.78, 5) is 16.2. The second kappa shape index (κ2) is 6.99. The number of hydrogen-bond donors (Lipinski definition) is 2. The van der Waals surface area contributed by atoms with E-state index < -0.39 is 21.7 Å². The predicted molar refractivity (Wildman–Crippen MR) is 93.7 cm³/mol.